The average Bonchev–Trinajstić information content (AvgIpc) is 2.78. The van der Waals surface area contributed by atoms with Crippen LogP contribution in [0.3, 0.4) is 0 Å². The van der Waals surface area contributed by atoms with Crippen molar-refractivity contribution < 1.29 is 4.74 Å². The second-order valence-corrected chi connectivity index (χ2v) is 3.86. The summed E-state index contributed by atoms with van der Waals surface area (Å²) in [5, 5.41) is 6.57. The van der Waals surface area contributed by atoms with Gasteiger partial charge < -0.3 is 20.3 Å². The molecular weight excluding hydrogens is 190 g/mol. The molecule has 0 aromatic heterocycles. The number of para-hydroxylation sites is 1. The molecule has 4 nitrogen and oxygen atoms in total. The molecule has 0 atom stereocenters. The molecule has 0 unspecified atom stereocenters. The van der Waals surface area contributed by atoms with Gasteiger partial charge in [0.1, 0.15) is 0 Å². The minimum Gasteiger partial charge on any atom is -0.469 e. The number of anilines is 2. The summed E-state index contributed by atoms with van der Waals surface area (Å²) in [6.45, 7) is 4.81. The van der Waals surface area contributed by atoms with Crippen LogP contribution in [0.4, 0.5) is 11.4 Å². The monoisotopic (exact) mass is 205 g/mol. The highest BCUT2D eigenvalue weighted by Crippen LogP contribution is 2.38. The van der Waals surface area contributed by atoms with E-state index in [9.17, 15) is 0 Å². The zero-order valence-electron chi connectivity index (χ0n) is 8.62. The van der Waals surface area contributed by atoms with E-state index < -0.39 is 0 Å². The molecule has 1 saturated heterocycles. The summed E-state index contributed by atoms with van der Waals surface area (Å²) >= 11 is 0. The van der Waals surface area contributed by atoms with Gasteiger partial charge in [-0.05, 0) is 12.1 Å². The molecule has 1 aromatic rings. The van der Waals surface area contributed by atoms with Gasteiger partial charge in [-0.2, -0.15) is 0 Å². The molecule has 0 saturated carbocycles. The first-order valence-corrected chi connectivity index (χ1v) is 5.40. The third kappa shape index (κ3) is 1.51. The minimum atomic E-state index is 0.596. The molecule has 0 radical (unpaired) electrons. The highest BCUT2D eigenvalue weighted by molar-refractivity contribution is 5.73. The van der Waals surface area contributed by atoms with Crippen LogP contribution in [0.15, 0.2) is 18.2 Å². The number of rotatable bonds is 1. The first-order valence-electron chi connectivity index (χ1n) is 5.40. The van der Waals surface area contributed by atoms with Gasteiger partial charge in [0.25, 0.3) is 0 Å². The van der Waals surface area contributed by atoms with E-state index in [4.69, 9.17) is 4.74 Å². The van der Waals surface area contributed by atoms with Crippen molar-refractivity contribution in [2.24, 2.45) is 0 Å². The van der Waals surface area contributed by atoms with Gasteiger partial charge in [-0.25, -0.2) is 0 Å². The van der Waals surface area contributed by atoms with E-state index in [1.807, 2.05) is 0 Å². The van der Waals surface area contributed by atoms with Crippen LogP contribution in [0, 0.1) is 0 Å². The molecule has 0 spiro atoms. The summed E-state index contributed by atoms with van der Waals surface area (Å²) < 4.78 is 5.61. The molecule has 3 rings (SSSR count). The van der Waals surface area contributed by atoms with Crippen LogP contribution in [0.5, 0.6) is 5.75 Å². The number of nitrogens with zero attached hydrogens (tertiary/aromatic N) is 1. The Bertz CT molecular complexity index is 361. The van der Waals surface area contributed by atoms with E-state index in [0.717, 1.165) is 37.6 Å². The smallest absolute Gasteiger partial charge is 0.168 e. The summed E-state index contributed by atoms with van der Waals surface area (Å²) in [4.78, 5) is 2.38. The third-order valence-electron chi connectivity index (χ3n) is 2.93. The number of piperazine rings is 1. The van der Waals surface area contributed by atoms with Crippen LogP contribution < -0.4 is 20.3 Å². The zero-order chi connectivity index (χ0) is 10.1. The Labute approximate surface area is 89.2 Å². The van der Waals surface area contributed by atoms with Crippen molar-refractivity contribution in [3.8, 4) is 5.75 Å². The van der Waals surface area contributed by atoms with Crippen LogP contribution in [0.1, 0.15) is 0 Å². The predicted octanol–water partition coefficient (Wildman–Crippen LogP) is 0.858. The van der Waals surface area contributed by atoms with E-state index in [1.165, 1.54) is 5.69 Å². The molecule has 0 aliphatic carbocycles. The number of hydrogen-bond donors (Lipinski definition) is 2. The maximum Gasteiger partial charge on any atom is 0.168 e. The van der Waals surface area contributed by atoms with Crippen LogP contribution in [-0.4, -0.2) is 32.9 Å². The summed E-state index contributed by atoms with van der Waals surface area (Å²) in [5.74, 6) is 1.01. The van der Waals surface area contributed by atoms with Crippen molar-refractivity contribution in [2.75, 3.05) is 43.1 Å². The summed E-state index contributed by atoms with van der Waals surface area (Å²) in [7, 11) is 0. The van der Waals surface area contributed by atoms with E-state index in [2.05, 4.69) is 33.7 Å². The highest BCUT2D eigenvalue weighted by atomic mass is 16.5. The molecule has 2 N–H and O–H groups in total. The number of ether oxygens (including phenoxy) is 1. The van der Waals surface area contributed by atoms with Crippen LogP contribution in [0.2, 0.25) is 0 Å². The molecule has 0 bridgehead atoms. The summed E-state index contributed by atoms with van der Waals surface area (Å²) in [5.41, 5.74) is 2.34. The van der Waals surface area contributed by atoms with Gasteiger partial charge in [-0.1, -0.05) is 6.07 Å². The Balaban J connectivity index is 1.93. The third-order valence-corrected chi connectivity index (χ3v) is 2.93. The van der Waals surface area contributed by atoms with Crippen molar-refractivity contribution >= 4 is 11.4 Å². The average molecular weight is 205 g/mol. The van der Waals surface area contributed by atoms with Gasteiger partial charge in [-0.3, -0.25) is 0 Å². The van der Waals surface area contributed by atoms with E-state index in [0.29, 0.717) is 6.73 Å². The SMILES string of the molecule is c1cc2c(c(N3CCNCC3)c1)OCN2. The molecule has 4 heteroatoms. The molecule has 2 heterocycles. The predicted molar refractivity (Wildman–Crippen MR) is 60.6 cm³/mol. The number of hydrogen-bond acceptors (Lipinski definition) is 4. The summed E-state index contributed by atoms with van der Waals surface area (Å²) in [6, 6.07) is 6.28. The first-order chi connectivity index (χ1) is 7.45. The quantitative estimate of drug-likeness (QED) is 0.713. The van der Waals surface area contributed by atoms with Gasteiger partial charge >= 0.3 is 0 Å². The maximum absolute atomic E-state index is 5.61. The van der Waals surface area contributed by atoms with E-state index in [-0.39, 0.29) is 0 Å². The molecule has 2 aliphatic rings. The fourth-order valence-electron chi connectivity index (χ4n) is 2.16. The van der Waals surface area contributed by atoms with Crippen molar-refractivity contribution in [1.29, 1.82) is 0 Å². The first kappa shape index (κ1) is 8.85. The second-order valence-electron chi connectivity index (χ2n) is 3.86. The van der Waals surface area contributed by atoms with Crippen molar-refractivity contribution in [1.82, 2.24) is 5.32 Å². The molecule has 1 aromatic carbocycles. The standard InChI is InChI=1S/C11H15N3O/c1-2-9-11(15-8-13-9)10(3-1)14-6-4-12-5-7-14/h1-3,12-13H,4-8H2. The van der Waals surface area contributed by atoms with Gasteiger partial charge in [-0.15, -0.1) is 0 Å². The lowest BCUT2D eigenvalue weighted by Crippen LogP contribution is -2.43. The molecular formula is C11H15N3O. The lowest BCUT2D eigenvalue weighted by molar-refractivity contribution is 0.372. The van der Waals surface area contributed by atoms with Crippen LogP contribution in [0.25, 0.3) is 0 Å². The van der Waals surface area contributed by atoms with Gasteiger partial charge in [0, 0.05) is 26.2 Å². The van der Waals surface area contributed by atoms with E-state index >= 15 is 0 Å². The number of benzene rings is 1. The Morgan fingerprint density at radius 3 is 2.93 bits per heavy atom. The molecule has 1 fully saturated rings. The molecule has 80 valence electrons. The largest absolute Gasteiger partial charge is 0.469 e. The normalized spacial score (nSPS) is 19.3. The van der Waals surface area contributed by atoms with Crippen molar-refractivity contribution in [3.05, 3.63) is 18.2 Å². The Morgan fingerprint density at radius 2 is 2.07 bits per heavy atom. The Kier molecular flexibility index (Phi) is 2.14. The molecule has 0 amide bonds. The van der Waals surface area contributed by atoms with Crippen LogP contribution >= 0.6 is 0 Å². The lowest BCUT2D eigenvalue weighted by atomic mass is 10.2. The Morgan fingerprint density at radius 1 is 1.20 bits per heavy atom. The van der Waals surface area contributed by atoms with Crippen molar-refractivity contribution in [2.45, 2.75) is 0 Å². The fraction of sp³-hybridized carbons (Fsp3) is 0.455. The van der Waals surface area contributed by atoms with Crippen molar-refractivity contribution in [3.63, 3.8) is 0 Å². The Hall–Kier alpha value is -1.42. The summed E-state index contributed by atoms with van der Waals surface area (Å²) in [6.07, 6.45) is 0. The molecule has 2 aliphatic heterocycles. The number of fused-ring (bicyclic) bond motifs is 1. The fourth-order valence-corrected chi connectivity index (χ4v) is 2.16. The van der Waals surface area contributed by atoms with Gasteiger partial charge in [0.15, 0.2) is 12.5 Å². The van der Waals surface area contributed by atoms with Crippen LogP contribution in [-0.2, 0) is 0 Å². The number of nitrogens with one attached hydrogen (secondary N) is 2. The molecule has 15 heavy (non-hydrogen) atoms. The highest BCUT2D eigenvalue weighted by Gasteiger charge is 2.20. The minimum absolute atomic E-state index is 0.596. The second kappa shape index (κ2) is 3.62. The zero-order valence-corrected chi connectivity index (χ0v) is 8.62. The lowest BCUT2D eigenvalue weighted by Gasteiger charge is -2.30. The van der Waals surface area contributed by atoms with Gasteiger partial charge in [0.2, 0.25) is 0 Å². The van der Waals surface area contributed by atoms with E-state index in [1.54, 1.807) is 0 Å². The maximum atomic E-state index is 5.61. The van der Waals surface area contributed by atoms with Gasteiger partial charge in [0.05, 0.1) is 11.4 Å². The topological polar surface area (TPSA) is 36.5 Å².